The van der Waals surface area contributed by atoms with Gasteiger partial charge in [-0.3, -0.25) is 0 Å². The number of aliphatic imine (C=N–C) groups is 1. The molecule has 2 heteroatoms. The smallest absolute Gasteiger partial charge is 0.211 e. The zero-order valence-electron chi connectivity index (χ0n) is 5.69. The minimum absolute atomic E-state index is 0.298. The van der Waals surface area contributed by atoms with Crippen LogP contribution in [0.15, 0.2) is 16.5 Å². The summed E-state index contributed by atoms with van der Waals surface area (Å²) in [5, 5.41) is 0. The summed E-state index contributed by atoms with van der Waals surface area (Å²) in [7, 11) is 0. The maximum absolute atomic E-state index is 12.4. The highest BCUT2D eigenvalue weighted by atomic mass is 19.1. The zero-order valence-corrected chi connectivity index (χ0v) is 5.69. The molecule has 1 nitrogen and oxygen atoms in total. The molecule has 1 unspecified atom stereocenters. The molecule has 0 aromatic carbocycles. The number of rotatable bonds is 0. The third-order valence-corrected chi connectivity index (χ3v) is 1.42. The highest BCUT2D eigenvalue weighted by molar-refractivity contribution is 5.63. The molecule has 0 aromatic rings. The Morgan fingerprint density at radius 1 is 1.78 bits per heavy atom. The predicted octanol–water partition coefficient (Wildman–Crippen LogP) is 2.30. The molecule has 1 aliphatic rings. The first-order valence-electron chi connectivity index (χ1n) is 3.09. The quantitative estimate of drug-likeness (QED) is 0.443. The topological polar surface area (TPSA) is 12.4 Å². The van der Waals surface area contributed by atoms with Crippen LogP contribution in [0.25, 0.3) is 0 Å². The summed E-state index contributed by atoms with van der Waals surface area (Å²) >= 11 is 0. The van der Waals surface area contributed by atoms with E-state index in [0.717, 1.165) is 12.0 Å². The van der Waals surface area contributed by atoms with Gasteiger partial charge >= 0.3 is 0 Å². The van der Waals surface area contributed by atoms with E-state index in [0.29, 0.717) is 5.92 Å². The van der Waals surface area contributed by atoms with E-state index >= 15 is 0 Å². The van der Waals surface area contributed by atoms with Gasteiger partial charge in [-0.1, -0.05) is 6.92 Å². The summed E-state index contributed by atoms with van der Waals surface area (Å²) in [5.74, 6) is 0.109. The van der Waals surface area contributed by atoms with Gasteiger partial charge in [0.15, 0.2) is 0 Å². The Balaban J connectivity index is 2.75. The van der Waals surface area contributed by atoms with Crippen LogP contribution in [-0.4, -0.2) is 6.21 Å². The highest BCUT2D eigenvalue weighted by Gasteiger charge is 2.09. The van der Waals surface area contributed by atoms with E-state index in [4.69, 9.17) is 0 Å². The molecule has 0 saturated carbocycles. The van der Waals surface area contributed by atoms with E-state index in [2.05, 4.69) is 4.99 Å². The lowest BCUT2D eigenvalue weighted by molar-refractivity contribution is 0.582. The van der Waals surface area contributed by atoms with Crippen LogP contribution in [-0.2, 0) is 0 Å². The Kier molecular flexibility index (Phi) is 1.65. The molecule has 0 bridgehead atoms. The molecule has 0 saturated heterocycles. The van der Waals surface area contributed by atoms with Crippen LogP contribution in [0.5, 0.6) is 0 Å². The molecule has 50 valence electrons. The van der Waals surface area contributed by atoms with Gasteiger partial charge in [0.05, 0.1) is 0 Å². The van der Waals surface area contributed by atoms with E-state index in [1.165, 1.54) is 0 Å². The Labute approximate surface area is 54.3 Å². The van der Waals surface area contributed by atoms with Crippen molar-refractivity contribution in [1.29, 1.82) is 0 Å². The Bertz CT molecular complexity index is 170. The normalized spacial score (nSPS) is 27.2. The molecule has 0 aromatic heterocycles. The van der Waals surface area contributed by atoms with Crippen LogP contribution < -0.4 is 0 Å². The fourth-order valence-electron chi connectivity index (χ4n) is 0.923. The second kappa shape index (κ2) is 2.29. The molecule has 0 spiro atoms. The van der Waals surface area contributed by atoms with Gasteiger partial charge < -0.3 is 0 Å². The maximum atomic E-state index is 12.4. The lowest BCUT2D eigenvalue weighted by atomic mass is 10.0. The molecule has 1 aliphatic heterocycles. The average Bonchev–Trinajstić information content (AvgIpc) is 1.80. The van der Waals surface area contributed by atoms with Crippen molar-refractivity contribution in [3.63, 3.8) is 0 Å². The summed E-state index contributed by atoms with van der Waals surface area (Å²) in [6.07, 6.45) is 2.47. The first-order valence-corrected chi connectivity index (χ1v) is 3.09. The summed E-state index contributed by atoms with van der Waals surface area (Å²) in [4.78, 5) is 3.58. The molecular formula is C7H10FN. The molecule has 0 amide bonds. The summed E-state index contributed by atoms with van der Waals surface area (Å²) < 4.78 is 12.4. The highest BCUT2D eigenvalue weighted by Crippen LogP contribution is 2.19. The fraction of sp³-hybridized carbons (Fsp3) is 0.571. The molecule has 0 fully saturated rings. The number of hydrogen-bond donors (Lipinski definition) is 0. The number of halogens is 1. The predicted molar refractivity (Wildman–Crippen MR) is 36.1 cm³/mol. The minimum atomic E-state index is -0.298. The number of allylic oxidation sites excluding steroid dienone is 1. The van der Waals surface area contributed by atoms with Crippen LogP contribution in [0.4, 0.5) is 4.39 Å². The summed E-state index contributed by atoms with van der Waals surface area (Å²) in [6.45, 7) is 3.81. The molecule has 0 aliphatic carbocycles. The van der Waals surface area contributed by atoms with Gasteiger partial charge in [-0.2, -0.15) is 4.39 Å². The fourth-order valence-corrected chi connectivity index (χ4v) is 0.923. The van der Waals surface area contributed by atoms with Crippen molar-refractivity contribution in [3.8, 4) is 0 Å². The Morgan fingerprint density at radius 3 is 2.89 bits per heavy atom. The van der Waals surface area contributed by atoms with Crippen molar-refractivity contribution in [2.45, 2.75) is 20.3 Å². The Morgan fingerprint density at radius 2 is 2.44 bits per heavy atom. The van der Waals surface area contributed by atoms with Crippen LogP contribution in [0.3, 0.4) is 0 Å². The van der Waals surface area contributed by atoms with Crippen molar-refractivity contribution in [1.82, 2.24) is 0 Å². The molecule has 9 heavy (non-hydrogen) atoms. The number of nitrogens with zero attached hydrogens (tertiary/aromatic N) is 1. The first-order chi connectivity index (χ1) is 4.20. The number of hydrogen-bond acceptors (Lipinski definition) is 1. The molecule has 1 atom stereocenters. The second-order valence-electron chi connectivity index (χ2n) is 2.53. The van der Waals surface area contributed by atoms with Gasteiger partial charge in [0.2, 0.25) is 5.95 Å². The second-order valence-corrected chi connectivity index (χ2v) is 2.53. The van der Waals surface area contributed by atoms with Crippen molar-refractivity contribution in [2.75, 3.05) is 0 Å². The third kappa shape index (κ3) is 1.37. The van der Waals surface area contributed by atoms with Gasteiger partial charge in [-0.15, -0.1) is 0 Å². The summed E-state index contributed by atoms with van der Waals surface area (Å²) in [6, 6.07) is 0. The van der Waals surface area contributed by atoms with Crippen molar-refractivity contribution in [2.24, 2.45) is 10.9 Å². The van der Waals surface area contributed by atoms with E-state index < -0.39 is 0 Å². The van der Waals surface area contributed by atoms with Crippen LogP contribution in [0.2, 0.25) is 0 Å². The zero-order chi connectivity index (χ0) is 6.85. The van der Waals surface area contributed by atoms with Crippen molar-refractivity contribution >= 4 is 6.21 Å². The first kappa shape index (κ1) is 6.46. The molecular weight excluding hydrogens is 117 g/mol. The van der Waals surface area contributed by atoms with E-state index in [1.807, 2.05) is 6.92 Å². The molecule has 1 rings (SSSR count). The average molecular weight is 127 g/mol. The molecule has 0 radical (unpaired) electrons. The van der Waals surface area contributed by atoms with Gasteiger partial charge in [0.25, 0.3) is 0 Å². The van der Waals surface area contributed by atoms with Crippen LogP contribution in [0, 0.1) is 5.92 Å². The lowest BCUT2D eigenvalue weighted by Crippen LogP contribution is -2.02. The minimum Gasteiger partial charge on any atom is -0.233 e. The van der Waals surface area contributed by atoms with Crippen molar-refractivity contribution < 1.29 is 4.39 Å². The van der Waals surface area contributed by atoms with E-state index in [9.17, 15) is 4.39 Å². The largest absolute Gasteiger partial charge is 0.233 e. The SMILES string of the molecule is CC1=C(F)N=CC(C)C1. The van der Waals surface area contributed by atoms with Gasteiger partial charge in [0, 0.05) is 6.21 Å². The van der Waals surface area contributed by atoms with Gasteiger partial charge in [-0.25, -0.2) is 4.99 Å². The monoisotopic (exact) mass is 127 g/mol. The van der Waals surface area contributed by atoms with Crippen LogP contribution >= 0.6 is 0 Å². The Hall–Kier alpha value is -0.660. The van der Waals surface area contributed by atoms with Gasteiger partial charge in [0.1, 0.15) is 0 Å². The third-order valence-electron chi connectivity index (χ3n) is 1.42. The van der Waals surface area contributed by atoms with E-state index in [1.54, 1.807) is 13.1 Å². The molecule has 0 N–H and O–H groups in total. The molecule has 1 heterocycles. The van der Waals surface area contributed by atoms with E-state index in [-0.39, 0.29) is 5.95 Å². The van der Waals surface area contributed by atoms with Crippen molar-refractivity contribution in [3.05, 3.63) is 11.5 Å². The van der Waals surface area contributed by atoms with Crippen LogP contribution in [0.1, 0.15) is 20.3 Å². The maximum Gasteiger partial charge on any atom is 0.211 e. The lowest BCUT2D eigenvalue weighted by Gasteiger charge is -2.09. The summed E-state index contributed by atoms with van der Waals surface area (Å²) in [5.41, 5.74) is 0.769. The van der Waals surface area contributed by atoms with Gasteiger partial charge in [-0.05, 0) is 24.8 Å². The standard InChI is InChI=1S/C7H10FN/c1-5-3-6(2)7(8)9-4-5/h4-5H,3H2,1-2H3.